The Bertz CT molecular complexity index is 542. The van der Waals surface area contributed by atoms with Gasteiger partial charge in [-0.25, -0.2) is 0 Å². The highest BCUT2D eigenvalue weighted by molar-refractivity contribution is 5.82. The Morgan fingerprint density at radius 2 is 2.20 bits per heavy atom. The van der Waals surface area contributed by atoms with Crippen LogP contribution in [0.25, 0.3) is 0 Å². The van der Waals surface area contributed by atoms with E-state index in [1.165, 1.54) is 12.8 Å². The summed E-state index contributed by atoms with van der Waals surface area (Å²) in [4.78, 5) is 23.0. The number of fused-ring (bicyclic) bond motifs is 3. The van der Waals surface area contributed by atoms with Gasteiger partial charge >= 0.3 is 0 Å². The quantitative estimate of drug-likeness (QED) is 0.652. The number of carbonyl (C=O) groups excluding carboxylic acids is 1. The van der Waals surface area contributed by atoms with Crippen molar-refractivity contribution in [2.75, 3.05) is 33.4 Å². The molecule has 4 heterocycles. The van der Waals surface area contributed by atoms with E-state index in [-0.39, 0.29) is 18.4 Å². The van der Waals surface area contributed by atoms with E-state index in [9.17, 15) is 4.79 Å². The lowest BCUT2D eigenvalue weighted by molar-refractivity contribution is -0.130. The first kappa shape index (κ1) is 19.3. The van der Waals surface area contributed by atoms with Crippen molar-refractivity contribution in [2.45, 2.75) is 38.3 Å². The van der Waals surface area contributed by atoms with Crippen LogP contribution in [0.4, 0.5) is 0 Å². The van der Waals surface area contributed by atoms with Crippen molar-refractivity contribution in [3.05, 3.63) is 12.2 Å². The summed E-state index contributed by atoms with van der Waals surface area (Å²) in [6, 6.07) is 0.0823. The SMILES string of the molecule is COCCn1cnnc1CCNC(=O)C1CC2CCN1CC2.O=CO. The molecule has 0 aromatic carbocycles. The van der Waals surface area contributed by atoms with Crippen molar-refractivity contribution in [1.29, 1.82) is 0 Å². The number of piperidine rings is 3. The number of aromatic nitrogens is 3. The van der Waals surface area contributed by atoms with Crippen molar-refractivity contribution < 1.29 is 19.4 Å². The van der Waals surface area contributed by atoms with Gasteiger partial charge in [-0.1, -0.05) is 0 Å². The van der Waals surface area contributed by atoms with Crippen LogP contribution in [0.1, 0.15) is 25.1 Å². The molecule has 3 aliphatic heterocycles. The topological polar surface area (TPSA) is 110 Å². The van der Waals surface area contributed by atoms with Crippen molar-refractivity contribution >= 4 is 12.4 Å². The standard InChI is InChI=1S/C15H25N5O2.CH2O2/c1-22-9-8-20-11-17-18-14(20)2-5-16-15(21)13-10-12-3-6-19(13)7-4-12;2-1-3/h11-13H,2-10H2,1H3,(H,16,21);1H,(H,2,3). The Morgan fingerprint density at radius 1 is 1.48 bits per heavy atom. The number of methoxy groups -OCH3 is 1. The molecule has 25 heavy (non-hydrogen) atoms. The first-order valence-corrected chi connectivity index (χ1v) is 8.64. The van der Waals surface area contributed by atoms with E-state index in [4.69, 9.17) is 14.6 Å². The average Bonchev–Trinajstić information content (AvgIpc) is 3.09. The molecule has 0 radical (unpaired) electrons. The maximum atomic E-state index is 12.4. The molecule has 9 nitrogen and oxygen atoms in total. The summed E-state index contributed by atoms with van der Waals surface area (Å²) in [5, 5.41) is 18.0. The van der Waals surface area contributed by atoms with Gasteiger partial charge in [-0.3, -0.25) is 14.5 Å². The fourth-order valence-electron chi connectivity index (χ4n) is 3.50. The number of amides is 1. The van der Waals surface area contributed by atoms with Crippen LogP contribution >= 0.6 is 0 Å². The minimum absolute atomic E-state index is 0.0823. The summed E-state index contributed by atoms with van der Waals surface area (Å²) in [5.41, 5.74) is 0. The Kier molecular flexibility index (Phi) is 7.80. The van der Waals surface area contributed by atoms with Gasteiger partial charge in [0.25, 0.3) is 6.47 Å². The molecule has 0 saturated carbocycles. The third kappa shape index (κ3) is 5.50. The second kappa shape index (κ2) is 10.1. The van der Waals surface area contributed by atoms with E-state index < -0.39 is 0 Å². The van der Waals surface area contributed by atoms with Gasteiger partial charge in [-0.15, -0.1) is 10.2 Å². The molecule has 4 rings (SSSR count). The molecule has 9 heteroatoms. The maximum absolute atomic E-state index is 12.4. The molecular formula is C16H27N5O4. The third-order valence-corrected chi connectivity index (χ3v) is 4.83. The van der Waals surface area contributed by atoms with Gasteiger partial charge < -0.3 is 19.7 Å². The van der Waals surface area contributed by atoms with Crippen LogP contribution in [0.5, 0.6) is 0 Å². The van der Waals surface area contributed by atoms with E-state index in [2.05, 4.69) is 20.4 Å². The zero-order chi connectivity index (χ0) is 18.1. The van der Waals surface area contributed by atoms with E-state index in [0.29, 0.717) is 19.6 Å². The van der Waals surface area contributed by atoms with Gasteiger partial charge in [-0.05, 0) is 38.3 Å². The molecule has 1 amide bonds. The molecule has 3 saturated heterocycles. The van der Waals surface area contributed by atoms with Crippen LogP contribution in [-0.2, 0) is 27.3 Å². The van der Waals surface area contributed by atoms with Crippen molar-refractivity contribution in [2.24, 2.45) is 5.92 Å². The minimum Gasteiger partial charge on any atom is -0.483 e. The molecular weight excluding hydrogens is 326 g/mol. The molecule has 3 fully saturated rings. The summed E-state index contributed by atoms with van der Waals surface area (Å²) in [6.45, 7) is 3.89. The smallest absolute Gasteiger partial charge is 0.290 e. The number of hydrogen-bond acceptors (Lipinski definition) is 6. The summed E-state index contributed by atoms with van der Waals surface area (Å²) in [7, 11) is 1.68. The average molecular weight is 353 g/mol. The number of hydrogen-bond donors (Lipinski definition) is 2. The predicted octanol–water partition coefficient (Wildman–Crippen LogP) is -0.232. The zero-order valence-electron chi connectivity index (χ0n) is 14.6. The first-order chi connectivity index (χ1) is 12.2. The van der Waals surface area contributed by atoms with Crippen molar-refractivity contribution in [1.82, 2.24) is 25.0 Å². The van der Waals surface area contributed by atoms with Crippen LogP contribution in [0, 0.1) is 5.92 Å². The number of nitrogens with zero attached hydrogens (tertiary/aromatic N) is 4. The molecule has 140 valence electrons. The lowest BCUT2D eigenvalue weighted by atomic mass is 9.83. The highest BCUT2D eigenvalue weighted by Crippen LogP contribution is 2.31. The van der Waals surface area contributed by atoms with E-state index in [1.807, 2.05) is 4.57 Å². The van der Waals surface area contributed by atoms with Crippen molar-refractivity contribution in [3.63, 3.8) is 0 Å². The predicted molar refractivity (Wildman–Crippen MR) is 90.0 cm³/mol. The monoisotopic (exact) mass is 353 g/mol. The van der Waals surface area contributed by atoms with Crippen LogP contribution in [0.2, 0.25) is 0 Å². The van der Waals surface area contributed by atoms with Gasteiger partial charge in [0.2, 0.25) is 5.91 Å². The lowest BCUT2D eigenvalue weighted by Crippen LogP contribution is -2.55. The number of ether oxygens (including phenoxy) is 1. The van der Waals surface area contributed by atoms with Gasteiger partial charge in [0, 0.05) is 26.6 Å². The largest absolute Gasteiger partial charge is 0.483 e. The second-order valence-electron chi connectivity index (χ2n) is 6.31. The minimum atomic E-state index is -0.250. The molecule has 2 N–H and O–H groups in total. The summed E-state index contributed by atoms with van der Waals surface area (Å²) < 4.78 is 7.04. The van der Waals surface area contributed by atoms with Gasteiger partial charge in [0.05, 0.1) is 12.6 Å². The fourth-order valence-corrected chi connectivity index (χ4v) is 3.50. The molecule has 1 atom stereocenters. The van der Waals surface area contributed by atoms with Crippen LogP contribution < -0.4 is 5.32 Å². The van der Waals surface area contributed by atoms with E-state index in [0.717, 1.165) is 37.8 Å². The normalized spacial score (nSPS) is 24.3. The Balaban J connectivity index is 0.000000701. The van der Waals surface area contributed by atoms with Gasteiger partial charge in [0.1, 0.15) is 12.2 Å². The lowest BCUT2D eigenvalue weighted by Gasteiger charge is -2.44. The molecule has 0 aliphatic carbocycles. The van der Waals surface area contributed by atoms with Gasteiger partial charge in [0.15, 0.2) is 0 Å². The van der Waals surface area contributed by atoms with Crippen LogP contribution in [0.3, 0.4) is 0 Å². The fraction of sp³-hybridized carbons (Fsp3) is 0.750. The van der Waals surface area contributed by atoms with Crippen molar-refractivity contribution in [3.8, 4) is 0 Å². The highest BCUT2D eigenvalue weighted by Gasteiger charge is 2.37. The first-order valence-electron chi connectivity index (χ1n) is 8.64. The summed E-state index contributed by atoms with van der Waals surface area (Å²) in [5.74, 6) is 1.81. The molecule has 2 bridgehead atoms. The van der Waals surface area contributed by atoms with Crippen LogP contribution in [0.15, 0.2) is 6.33 Å². The maximum Gasteiger partial charge on any atom is 0.290 e. The number of rotatable bonds is 7. The van der Waals surface area contributed by atoms with E-state index >= 15 is 0 Å². The summed E-state index contributed by atoms with van der Waals surface area (Å²) >= 11 is 0. The number of carboxylic acid groups (broad SMARTS) is 1. The Morgan fingerprint density at radius 3 is 2.80 bits per heavy atom. The highest BCUT2D eigenvalue weighted by atomic mass is 16.5. The zero-order valence-corrected chi connectivity index (χ0v) is 14.6. The van der Waals surface area contributed by atoms with Crippen LogP contribution in [-0.4, -0.2) is 76.5 Å². The Hall–Kier alpha value is -2.00. The third-order valence-electron chi connectivity index (χ3n) is 4.83. The second-order valence-corrected chi connectivity index (χ2v) is 6.31. The molecule has 1 unspecified atom stereocenters. The number of nitrogens with one attached hydrogen (secondary N) is 1. The molecule has 3 aliphatic rings. The molecule has 1 aromatic rings. The molecule has 0 spiro atoms. The van der Waals surface area contributed by atoms with Gasteiger partial charge in [-0.2, -0.15) is 0 Å². The molecule has 1 aromatic heterocycles. The van der Waals surface area contributed by atoms with E-state index in [1.54, 1.807) is 13.4 Å². The number of carbonyl (C=O) groups is 2. The Labute approximate surface area is 147 Å². The summed E-state index contributed by atoms with van der Waals surface area (Å²) in [6.07, 6.45) is 5.95.